The van der Waals surface area contributed by atoms with E-state index < -0.39 is 0 Å². The van der Waals surface area contributed by atoms with Gasteiger partial charge < -0.3 is 5.32 Å². The zero-order valence-electron chi connectivity index (χ0n) is 10.3. The Morgan fingerprint density at radius 2 is 2.22 bits per heavy atom. The molecule has 18 heavy (non-hydrogen) atoms. The highest BCUT2D eigenvalue weighted by Gasteiger charge is 2.25. The van der Waals surface area contributed by atoms with Gasteiger partial charge >= 0.3 is 0 Å². The Balaban J connectivity index is 1.79. The molecular formula is C15H16BrNS. The van der Waals surface area contributed by atoms with Gasteiger partial charge in [0.15, 0.2) is 0 Å². The lowest BCUT2D eigenvalue weighted by atomic mass is 10.1. The summed E-state index contributed by atoms with van der Waals surface area (Å²) in [5.74, 6) is 0. The molecule has 0 amide bonds. The predicted octanol–water partition coefficient (Wildman–Crippen LogP) is 4.85. The fourth-order valence-electron chi connectivity index (χ4n) is 2.70. The standard InChI is InChI=1S/C15H16BrNS/c1-10(15-6-3-9-18-15)17-14-8-7-11-12(14)4-2-5-13(11)16/h2-6,9-10,14,17H,7-8H2,1H3/t10-,14?/m1/s1. The van der Waals surface area contributed by atoms with Crippen LogP contribution in [0.25, 0.3) is 0 Å². The fraction of sp³-hybridized carbons (Fsp3) is 0.333. The molecule has 94 valence electrons. The molecule has 1 aliphatic rings. The van der Waals surface area contributed by atoms with Crippen LogP contribution < -0.4 is 5.32 Å². The largest absolute Gasteiger partial charge is 0.303 e. The summed E-state index contributed by atoms with van der Waals surface area (Å²) in [6.07, 6.45) is 2.37. The molecule has 2 aromatic rings. The Labute approximate surface area is 120 Å². The van der Waals surface area contributed by atoms with E-state index in [1.165, 1.54) is 33.3 Å². The molecule has 0 fully saturated rings. The second kappa shape index (κ2) is 5.16. The van der Waals surface area contributed by atoms with E-state index in [4.69, 9.17) is 0 Å². The van der Waals surface area contributed by atoms with Gasteiger partial charge in [-0.15, -0.1) is 11.3 Å². The summed E-state index contributed by atoms with van der Waals surface area (Å²) in [6.45, 7) is 2.25. The van der Waals surface area contributed by atoms with Gasteiger partial charge in [0.1, 0.15) is 0 Å². The van der Waals surface area contributed by atoms with Crippen molar-refractivity contribution in [2.45, 2.75) is 31.8 Å². The third-order valence-corrected chi connectivity index (χ3v) is 5.43. The zero-order chi connectivity index (χ0) is 12.5. The molecule has 1 aliphatic carbocycles. The molecule has 1 unspecified atom stereocenters. The van der Waals surface area contributed by atoms with E-state index in [1.54, 1.807) is 0 Å². The van der Waals surface area contributed by atoms with Crippen LogP contribution in [0.1, 0.15) is 41.4 Å². The van der Waals surface area contributed by atoms with Crippen LogP contribution >= 0.6 is 27.3 Å². The molecule has 0 spiro atoms. The highest BCUT2D eigenvalue weighted by atomic mass is 79.9. The molecule has 0 saturated heterocycles. The van der Waals surface area contributed by atoms with Crippen LogP contribution in [0.5, 0.6) is 0 Å². The highest BCUT2D eigenvalue weighted by Crippen LogP contribution is 2.37. The molecule has 1 nitrogen and oxygen atoms in total. The summed E-state index contributed by atoms with van der Waals surface area (Å²) in [7, 11) is 0. The monoisotopic (exact) mass is 321 g/mol. The molecule has 1 aromatic carbocycles. The van der Waals surface area contributed by atoms with Gasteiger partial charge in [0.05, 0.1) is 0 Å². The highest BCUT2D eigenvalue weighted by molar-refractivity contribution is 9.10. The predicted molar refractivity (Wildman–Crippen MR) is 81.1 cm³/mol. The Morgan fingerprint density at radius 1 is 1.33 bits per heavy atom. The Morgan fingerprint density at radius 3 is 3.00 bits per heavy atom. The zero-order valence-corrected chi connectivity index (χ0v) is 12.7. The van der Waals surface area contributed by atoms with Crippen LogP contribution in [0.4, 0.5) is 0 Å². The topological polar surface area (TPSA) is 12.0 Å². The summed E-state index contributed by atoms with van der Waals surface area (Å²) in [4.78, 5) is 1.42. The van der Waals surface area contributed by atoms with Gasteiger partial charge in [-0.1, -0.05) is 34.1 Å². The van der Waals surface area contributed by atoms with E-state index in [0.717, 1.165) is 0 Å². The Kier molecular flexibility index (Phi) is 3.55. The number of nitrogens with one attached hydrogen (secondary N) is 1. The van der Waals surface area contributed by atoms with E-state index in [0.29, 0.717) is 12.1 Å². The van der Waals surface area contributed by atoms with E-state index in [-0.39, 0.29) is 0 Å². The maximum Gasteiger partial charge on any atom is 0.0391 e. The first-order valence-corrected chi connectivity index (χ1v) is 7.99. The second-order valence-electron chi connectivity index (χ2n) is 4.80. The fourth-order valence-corrected chi connectivity index (χ4v) is 4.03. The molecule has 0 bridgehead atoms. The first-order valence-electron chi connectivity index (χ1n) is 6.32. The second-order valence-corrected chi connectivity index (χ2v) is 6.64. The molecule has 1 N–H and O–H groups in total. The summed E-state index contributed by atoms with van der Waals surface area (Å²) < 4.78 is 1.26. The Bertz CT molecular complexity index is 535. The quantitative estimate of drug-likeness (QED) is 0.852. The number of hydrogen-bond acceptors (Lipinski definition) is 2. The molecule has 1 heterocycles. The van der Waals surface area contributed by atoms with Gasteiger partial charge in [-0.3, -0.25) is 0 Å². The van der Waals surface area contributed by atoms with Crippen molar-refractivity contribution >= 4 is 27.3 Å². The smallest absolute Gasteiger partial charge is 0.0391 e. The molecule has 0 radical (unpaired) electrons. The molecule has 0 aliphatic heterocycles. The van der Waals surface area contributed by atoms with Crippen LogP contribution in [0, 0.1) is 0 Å². The van der Waals surface area contributed by atoms with Crippen molar-refractivity contribution in [3.05, 3.63) is 56.2 Å². The van der Waals surface area contributed by atoms with Crippen molar-refractivity contribution in [2.75, 3.05) is 0 Å². The minimum Gasteiger partial charge on any atom is -0.303 e. The molecule has 3 heteroatoms. The molecule has 0 saturated carbocycles. The number of hydrogen-bond donors (Lipinski definition) is 1. The lowest BCUT2D eigenvalue weighted by Gasteiger charge is -2.19. The van der Waals surface area contributed by atoms with E-state index in [1.807, 2.05) is 11.3 Å². The number of rotatable bonds is 3. The molecule has 3 rings (SSSR count). The van der Waals surface area contributed by atoms with Gasteiger partial charge in [-0.2, -0.15) is 0 Å². The van der Waals surface area contributed by atoms with Crippen LogP contribution in [0.15, 0.2) is 40.2 Å². The number of thiophene rings is 1. The van der Waals surface area contributed by atoms with E-state index in [9.17, 15) is 0 Å². The van der Waals surface area contributed by atoms with Crippen LogP contribution in [-0.2, 0) is 6.42 Å². The van der Waals surface area contributed by atoms with Gasteiger partial charge in [-0.05, 0) is 48.4 Å². The number of halogens is 1. The summed E-state index contributed by atoms with van der Waals surface area (Å²) >= 11 is 5.48. The van der Waals surface area contributed by atoms with Gasteiger partial charge in [0, 0.05) is 21.4 Å². The van der Waals surface area contributed by atoms with Gasteiger partial charge in [-0.25, -0.2) is 0 Å². The summed E-state index contributed by atoms with van der Waals surface area (Å²) in [5, 5.41) is 5.90. The maximum absolute atomic E-state index is 3.75. The molecule has 2 atom stereocenters. The van der Waals surface area contributed by atoms with Gasteiger partial charge in [0.2, 0.25) is 0 Å². The van der Waals surface area contributed by atoms with Crippen molar-refractivity contribution in [2.24, 2.45) is 0 Å². The van der Waals surface area contributed by atoms with Crippen molar-refractivity contribution in [3.8, 4) is 0 Å². The first-order chi connectivity index (χ1) is 8.75. The molecular weight excluding hydrogens is 306 g/mol. The van der Waals surface area contributed by atoms with E-state index in [2.05, 4.69) is 63.9 Å². The SMILES string of the molecule is C[C@@H](NC1CCc2c(Br)cccc21)c1cccs1. The lowest BCUT2D eigenvalue weighted by Crippen LogP contribution is -2.22. The lowest BCUT2D eigenvalue weighted by molar-refractivity contribution is 0.469. The maximum atomic E-state index is 3.75. The van der Waals surface area contributed by atoms with E-state index >= 15 is 0 Å². The normalized spacial score (nSPS) is 19.8. The molecule has 1 aromatic heterocycles. The van der Waals surface area contributed by atoms with Crippen molar-refractivity contribution in [3.63, 3.8) is 0 Å². The van der Waals surface area contributed by atoms with Crippen molar-refractivity contribution in [1.82, 2.24) is 5.32 Å². The average molecular weight is 322 g/mol. The van der Waals surface area contributed by atoms with Crippen LogP contribution in [-0.4, -0.2) is 0 Å². The number of benzene rings is 1. The van der Waals surface area contributed by atoms with Crippen LogP contribution in [0.2, 0.25) is 0 Å². The minimum atomic E-state index is 0.430. The Hall–Kier alpha value is -0.640. The summed E-state index contributed by atoms with van der Waals surface area (Å²) in [6, 6.07) is 11.8. The van der Waals surface area contributed by atoms with Crippen LogP contribution in [0.3, 0.4) is 0 Å². The first kappa shape index (κ1) is 12.4. The summed E-state index contributed by atoms with van der Waals surface area (Å²) in [5.41, 5.74) is 2.95. The third kappa shape index (κ3) is 2.27. The van der Waals surface area contributed by atoms with Crippen molar-refractivity contribution < 1.29 is 0 Å². The van der Waals surface area contributed by atoms with Gasteiger partial charge in [0.25, 0.3) is 0 Å². The van der Waals surface area contributed by atoms with Crippen molar-refractivity contribution in [1.29, 1.82) is 0 Å². The minimum absolute atomic E-state index is 0.430. The third-order valence-electron chi connectivity index (χ3n) is 3.63. The average Bonchev–Trinajstić information content (AvgIpc) is 2.99. The number of fused-ring (bicyclic) bond motifs is 1.